The van der Waals surface area contributed by atoms with Gasteiger partial charge in [-0.05, 0) is 24.3 Å². The Labute approximate surface area is 231 Å². The molecule has 210 valence electrons. The van der Waals surface area contributed by atoms with Crippen molar-refractivity contribution in [1.29, 1.82) is 0 Å². The van der Waals surface area contributed by atoms with Crippen LogP contribution in [0, 0.1) is 4.64 Å². The fraction of sp³-hybridized carbons (Fsp3) is 0.400. The standard InChI is InChI=1S/C19H24N4O4S.C5H5NS.CH4.2H2O/c1-26-2-3-27-13-4-11-5-16(22-18(11)15(20)6-13)19-21-8-14(28-19)7-17(25)23-9-12(24)10-23;7-5-3-1-2-4-6-5;;;/h4-6,12,14,22,24H,2-3,7-10,20H2,1H3;1-4H,(H,6,7);1H4;2*1H2. The van der Waals surface area contributed by atoms with E-state index < -0.39 is 0 Å². The molecule has 1 aromatic carbocycles. The van der Waals surface area contributed by atoms with Crippen LogP contribution >= 0.6 is 24.0 Å². The normalized spacial score (nSPS) is 16.1. The number of benzene rings is 1. The van der Waals surface area contributed by atoms with Gasteiger partial charge in [-0.25, -0.2) is 0 Å². The van der Waals surface area contributed by atoms with Crippen LogP contribution in [-0.4, -0.2) is 93.2 Å². The van der Waals surface area contributed by atoms with E-state index in [0.29, 0.717) is 50.7 Å². The Bertz CT molecular complexity index is 1240. The highest BCUT2D eigenvalue weighted by molar-refractivity contribution is 8.15. The number of thioether (sulfide) groups is 1. The van der Waals surface area contributed by atoms with Gasteiger partial charge in [0, 0.05) is 49.5 Å². The number of aliphatic hydroxyl groups is 1. The fourth-order valence-corrected chi connectivity index (χ4v) is 4.94. The molecule has 0 radical (unpaired) electrons. The number of pyridine rings is 1. The molecule has 2 aliphatic heterocycles. The third-order valence-electron chi connectivity index (χ3n) is 5.53. The van der Waals surface area contributed by atoms with Gasteiger partial charge in [-0.1, -0.05) is 37.5 Å². The lowest BCUT2D eigenvalue weighted by atomic mass is 10.1. The Balaban J connectivity index is 0.000000632. The summed E-state index contributed by atoms with van der Waals surface area (Å²) in [7, 11) is 1.63. The van der Waals surface area contributed by atoms with E-state index in [2.05, 4.69) is 15.0 Å². The molecule has 0 spiro atoms. The van der Waals surface area contributed by atoms with Crippen LogP contribution in [0.3, 0.4) is 0 Å². The Hall–Kier alpha value is -2.94. The van der Waals surface area contributed by atoms with Crippen molar-refractivity contribution in [2.45, 2.75) is 25.2 Å². The topological polar surface area (TPSA) is 192 Å². The minimum Gasteiger partial charge on any atom is -0.491 e. The van der Waals surface area contributed by atoms with Crippen molar-refractivity contribution in [3.8, 4) is 5.75 Å². The molecule has 1 atom stereocenters. The van der Waals surface area contributed by atoms with Crippen LogP contribution in [0.1, 0.15) is 19.5 Å². The number of nitrogen functional groups attached to an aromatic ring is 1. The largest absolute Gasteiger partial charge is 0.491 e. The summed E-state index contributed by atoms with van der Waals surface area (Å²) >= 11 is 6.36. The predicted octanol–water partition coefficient (Wildman–Crippen LogP) is 1.96. The molecule has 4 heterocycles. The van der Waals surface area contributed by atoms with E-state index in [1.165, 1.54) is 0 Å². The number of rotatable bonds is 7. The van der Waals surface area contributed by atoms with E-state index in [0.717, 1.165) is 26.3 Å². The number of hydrogen-bond donors (Lipinski definition) is 4. The van der Waals surface area contributed by atoms with Crippen LogP contribution < -0.4 is 10.5 Å². The molecule has 1 saturated heterocycles. The van der Waals surface area contributed by atoms with Crippen LogP contribution in [-0.2, 0) is 9.53 Å². The van der Waals surface area contributed by atoms with Crippen molar-refractivity contribution in [1.82, 2.24) is 14.9 Å². The van der Waals surface area contributed by atoms with Gasteiger partial charge in [0.2, 0.25) is 5.91 Å². The Kier molecular flexibility index (Phi) is 13.5. The van der Waals surface area contributed by atoms with Crippen molar-refractivity contribution < 1.29 is 30.3 Å². The molecular weight excluding hydrogens is 530 g/mol. The zero-order chi connectivity index (χ0) is 24.8. The summed E-state index contributed by atoms with van der Waals surface area (Å²) in [4.78, 5) is 24.7. The van der Waals surface area contributed by atoms with Crippen LogP contribution in [0.4, 0.5) is 5.69 Å². The van der Waals surface area contributed by atoms with Gasteiger partial charge in [0.15, 0.2) is 0 Å². The van der Waals surface area contributed by atoms with Crippen molar-refractivity contribution in [3.63, 3.8) is 0 Å². The van der Waals surface area contributed by atoms with Crippen molar-refractivity contribution >= 4 is 51.5 Å². The maximum Gasteiger partial charge on any atom is 0.223 e. The Morgan fingerprint density at radius 2 is 2.03 bits per heavy atom. The van der Waals surface area contributed by atoms with E-state index in [9.17, 15) is 9.90 Å². The predicted molar refractivity (Wildman–Crippen MR) is 156 cm³/mol. The SMILES string of the molecule is C.COCCOc1cc(N)c2[nH]c(C3=NCC(CC(=O)N4CC(O)C4)S3)cc2c1.O.O.S=c1cccc[nH]1. The average Bonchev–Trinajstić information content (AvgIpc) is 3.45. The molecule has 1 fully saturated rings. The number of nitrogens with one attached hydrogen (secondary N) is 2. The number of carbonyl (C=O) groups is 1. The van der Waals surface area contributed by atoms with Gasteiger partial charge in [0.25, 0.3) is 0 Å². The van der Waals surface area contributed by atoms with Gasteiger partial charge in [-0.15, -0.1) is 0 Å². The highest BCUT2D eigenvalue weighted by atomic mass is 32.2. The molecule has 0 aliphatic carbocycles. The number of H-pyrrole nitrogens is 2. The van der Waals surface area contributed by atoms with Crippen molar-refractivity contribution in [2.24, 2.45) is 4.99 Å². The van der Waals surface area contributed by atoms with Crippen molar-refractivity contribution in [2.75, 3.05) is 45.7 Å². The molecule has 2 aliphatic rings. The zero-order valence-electron chi connectivity index (χ0n) is 20.4. The third-order valence-corrected chi connectivity index (χ3v) is 7.01. The first kappa shape index (κ1) is 33.1. The lowest BCUT2D eigenvalue weighted by Crippen LogP contribution is -2.53. The van der Waals surface area contributed by atoms with Gasteiger partial charge < -0.3 is 46.1 Å². The number of β-amino-alcohol motifs (C(OH)–C–C–N with tert-alkyl or cyclic N) is 1. The summed E-state index contributed by atoms with van der Waals surface area (Å²) in [5.41, 5.74) is 8.54. The summed E-state index contributed by atoms with van der Waals surface area (Å²) < 4.78 is 11.4. The smallest absolute Gasteiger partial charge is 0.223 e. The van der Waals surface area contributed by atoms with E-state index >= 15 is 0 Å². The van der Waals surface area contributed by atoms with Crippen LogP contribution in [0.2, 0.25) is 0 Å². The van der Waals surface area contributed by atoms with E-state index in [1.807, 2.05) is 36.5 Å². The molecule has 0 saturated carbocycles. The molecule has 1 unspecified atom stereocenters. The van der Waals surface area contributed by atoms with E-state index in [-0.39, 0.29) is 35.6 Å². The zero-order valence-corrected chi connectivity index (χ0v) is 22.0. The molecule has 5 rings (SSSR count). The van der Waals surface area contributed by atoms with Crippen LogP contribution in [0.5, 0.6) is 5.75 Å². The number of ether oxygens (including phenoxy) is 2. The quantitative estimate of drug-likeness (QED) is 0.190. The first-order valence-electron chi connectivity index (χ1n) is 11.3. The number of aliphatic imine (C=N–C) groups is 1. The summed E-state index contributed by atoms with van der Waals surface area (Å²) in [6, 6.07) is 11.4. The van der Waals surface area contributed by atoms with Crippen molar-refractivity contribution in [3.05, 3.63) is 52.9 Å². The molecule has 0 bridgehead atoms. The fourth-order valence-electron chi connectivity index (χ4n) is 3.72. The third kappa shape index (κ3) is 8.55. The number of nitrogens with two attached hydrogens (primary N) is 1. The number of aromatic nitrogens is 2. The maximum atomic E-state index is 12.2. The average molecular weight is 568 g/mol. The molecule has 1 amide bonds. The van der Waals surface area contributed by atoms with Gasteiger partial charge >= 0.3 is 0 Å². The molecule has 9 N–H and O–H groups in total. The number of aromatic amines is 2. The van der Waals surface area contributed by atoms with Gasteiger partial charge in [-0.3, -0.25) is 9.79 Å². The number of nitrogens with zero attached hydrogens (tertiary/aromatic N) is 2. The molecule has 38 heavy (non-hydrogen) atoms. The number of hydrogen-bond acceptors (Lipinski definition) is 8. The number of methoxy groups -OCH3 is 1. The lowest BCUT2D eigenvalue weighted by molar-refractivity contribution is -0.141. The Morgan fingerprint density at radius 3 is 2.63 bits per heavy atom. The maximum absolute atomic E-state index is 12.2. The second-order valence-corrected chi connectivity index (χ2v) is 10.00. The van der Waals surface area contributed by atoms with Crippen LogP contribution in [0.15, 0.2) is 47.6 Å². The second-order valence-electron chi connectivity index (χ2n) is 8.27. The molecule has 3 aromatic rings. The number of aliphatic hydroxyl groups excluding tert-OH is 1. The van der Waals surface area contributed by atoms with E-state index in [1.54, 1.807) is 29.8 Å². The highest BCUT2D eigenvalue weighted by Gasteiger charge is 2.32. The summed E-state index contributed by atoms with van der Waals surface area (Å²) in [5, 5.41) is 11.3. The Morgan fingerprint density at radius 1 is 1.26 bits per heavy atom. The number of likely N-dealkylation sites (tertiary alicyclic amines) is 1. The molecule has 2 aromatic heterocycles. The first-order chi connectivity index (χ1) is 16.9. The molecule has 13 heteroatoms. The summed E-state index contributed by atoms with van der Waals surface area (Å²) in [6.07, 6.45) is 1.87. The number of anilines is 1. The number of carbonyl (C=O) groups excluding carboxylic acids is 1. The van der Waals surface area contributed by atoms with Crippen LogP contribution in [0.25, 0.3) is 10.9 Å². The van der Waals surface area contributed by atoms with Gasteiger partial charge in [0.05, 0.1) is 36.2 Å². The number of fused-ring (bicyclic) bond motifs is 1. The summed E-state index contributed by atoms with van der Waals surface area (Å²) in [5.74, 6) is 0.784. The monoisotopic (exact) mass is 567 g/mol. The first-order valence-corrected chi connectivity index (χ1v) is 12.6. The minimum absolute atomic E-state index is 0. The second kappa shape index (κ2) is 15.5. The van der Waals surface area contributed by atoms with E-state index in [4.69, 9.17) is 27.4 Å². The molecular formula is C25H37N5O6S2. The highest BCUT2D eigenvalue weighted by Crippen LogP contribution is 2.33. The minimum atomic E-state index is -0.368. The molecule has 11 nitrogen and oxygen atoms in total. The van der Waals surface area contributed by atoms with Gasteiger partial charge in [-0.2, -0.15) is 0 Å². The van der Waals surface area contributed by atoms with Gasteiger partial charge in [0.1, 0.15) is 22.0 Å². The lowest BCUT2D eigenvalue weighted by Gasteiger charge is -2.36. The number of amides is 1. The summed E-state index contributed by atoms with van der Waals surface area (Å²) in [6.45, 7) is 2.48.